The van der Waals surface area contributed by atoms with Crippen LogP contribution in [0.15, 0.2) is 78.9 Å². The summed E-state index contributed by atoms with van der Waals surface area (Å²) >= 11 is 0. The second-order valence-electron chi connectivity index (χ2n) is 5.55. The average molecular weight is 319 g/mol. The monoisotopic (exact) mass is 319 g/mol. The Bertz CT molecular complexity index is 772. The minimum atomic E-state index is -0.0195. The predicted octanol–water partition coefficient (Wildman–Crippen LogP) is 5.68. The second kappa shape index (κ2) is 7.66. The quantitative estimate of drug-likeness (QED) is 0.635. The highest BCUT2D eigenvalue weighted by Gasteiger charge is 2.12. The van der Waals surface area contributed by atoms with Crippen LogP contribution in [0.3, 0.4) is 0 Å². The Balaban J connectivity index is 1.94. The number of hydrogen-bond donors (Lipinski definition) is 1. The standard InChI is InChI=1S/C21H21NO2/c1-2-19(22)16-13-14-20(23-17-9-5-3-6-10-17)21(15-16)24-18-11-7-4-8-12-18/h3-15,19H,2,22H2,1H3/t19-/m0/s1. The fraction of sp³-hybridized carbons (Fsp3) is 0.143. The number of ether oxygens (including phenoxy) is 2. The molecule has 0 spiro atoms. The SMILES string of the molecule is CC[C@H](N)c1ccc(Oc2ccccc2)c(Oc2ccccc2)c1. The van der Waals surface area contributed by atoms with Gasteiger partial charge in [0.15, 0.2) is 11.5 Å². The summed E-state index contributed by atoms with van der Waals surface area (Å²) < 4.78 is 12.0. The van der Waals surface area contributed by atoms with E-state index >= 15 is 0 Å². The van der Waals surface area contributed by atoms with Crippen molar-refractivity contribution in [1.29, 1.82) is 0 Å². The Labute approximate surface area is 142 Å². The zero-order valence-electron chi connectivity index (χ0n) is 13.7. The molecule has 24 heavy (non-hydrogen) atoms. The molecular weight excluding hydrogens is 298 g/mol. The van der Waals surface area contributed by atoms with Crippen molar-refractivity contribution in [1.82, 2.24) is 0 Å². The molecule has 3 rings (SSSR count). The molecule has 3 heteroatoms. The van der Waals surface area contributed by atoms with E-state index in [1.807, 2.05) is 78.9 Å². The maximum absolute atomic E-state index is 6.16. The first-order valence-electron chi connectivity index (χ1n) is 8.11. The fourth-order valence-corrected chi connectivity index (χ4v) is 2.39. The summed E-state index contributed by atoms with van der Waals surface area (Å²) in [5, 5.41) is 0. The van der Waals surface area contributed by atoms with Gasteiger partial charge in [0, 0.05) is 6.04 Å². The van der Waals surface area contributed by atoms with Crippen LogP contribution in [0.5, 0.6) is 23.0 Å². The Morgan fingerprint density at radius 3 is 1.83 bits per heavy atom. The molecule has 0 saturated carbocycles. The molecule has 3 nitrogen and oxygen atoms in total. The van der Waals surface area contributed by atoms with E-state index in [-0.39, 0.29) is 6.04 Å². The molecule has 0 bridgehead atoms. The molecule has 0 aliphatic heterocycles. The molecule has 0 saturated heterocycles. The van der Waals surface area contributed by atoms with Crippen LogP contribution in [0.25, 0.3) is 0 Å². The molecule has 0 heterocycles. The Morgan fingerprint density at radius 1 is 0.750 bits per heavy atom. The number of rotatable bonds is 6. The first-order valence-corrected chi connectivity index (χ1v) is 8.11. The summed E-state index contributed by atoms with van der Waals surface area (Å²) in [6.45, 7) is 2.07. The van der Waals surface area contributed by atoms with Crippen LogP contribution in [0, 0.1) is 0 Å². The summed E-state index contributed by atoms with van der Waals surface area (Å²) in [6.07, 6.45) is 0.865. The van der Waals surface area contributed by atoms with E-state index < -0.39 is 0 Å². The maximum Gasteiger partial charge on any atom is 0.170 e. The van der Waals surface area contributed by atoms with Gasteiger partial charge in [-0.25, -0.2) is 0 Å². The number of benzene rings is 3. The number of para-hydroxylation sites is 2. The van der Waals surface area contributed by atoms with E-state index in [0.717, 1.165) is 23.5 Å². The van der Waals surface area contributed by atoms with E-state index in [9.17, 15) is 0 Å². The van der Waals surface area contributed by atoms with E-state index in [4.69, 9.17) is 15.2 Å². The molecule has 0 aliphatic rings. The maximum atomic E-state index is 6.16. The molecule has 0 fully saturated rings. The van der Waals surface area contributed by atoms with E-state index in [1.165, 1.54) is 0 Å². The normalized spacial score (nSPS) is 11.8. The second-order valence-corrected chi connectivity index (χ2v) is 5.55. The van der Waals surface area contributed by atoms with Crippen LogP contribution >= 0.6 is 0 Å². The van der Waals surface area contributed by atoms with Gasteiger partial charge in [-0.3, -0.25) is 0 Å². The van der Waals surface area contributed by atoms with Crippen molar-refractivity contribution in [3.63, 3.8) is 0 Å². The zero-order chi connectivity index (χ0) is 16.8. The summed E-state index contributed by atoms with van der Waals surface area (Å²) in [5.74, 6) is 2.85. The lowest BCUT2D eigenvalue weighted by Crippen LogP contribution is -2.08. The first-order chi connectivity index (χ1) is 11.8. The predicted molar refractivity (Wildman–Crippen MR) is 96.7 cm³/mol. The van der Waals surface area contributed by atoms with Gasteiger partial charge in [-0.15, -0.1) is 0 Å². The van der Waals surface area contributed by atoms with Gasteiger partial charge in [0.05, 0.1) is 0 Å². The summed E-state index contributed by atoms with van der Waals surface area (Å²) in [5.41, 5.74) is 7.19. The van der Waals surface area contributed by atoms with Gasteiger partial charge in [0.25, 0.3) is 0 Å². The van der Waals surface area contributed by atoms with Crippen molar-refractivity contribution in [3.05, 3.63) is 84.4 Å². The summed E-state index contributed by atoms with van der Waals surface area (Å²) in [7, 11) is 0. The zero-order valence-corrected chi connectivity index (χ0v) is 13.7. The van der Waals surface area contributed by atoms with Crippen LogP contribution in [0.2, 0.25) is 0 Å². The molecule has 0 aliphatic carbocycles. The van der Waals surface area contributed by atoms with Crippen molar-refractivity contribution in [2.45, 2.75) is 19.4 Å². The smallest absolute Gasteiger partial charge is 0.170 e. The van der Waals surface area contributed by atoms with Crippen molar-refractivity contribution < 1.29 is 9.47 Å². The average Bonchev–Trinajstić information content (AvgIpc) is 2.64. The summed E-state index contributed by atoms with van der Waals surface area (Å²) in [4.78, 5) is 0. The molecular formula is C21H21NO2. The highest BCUT2D eigenvalue weighted by Crippen LogP contribution is 2.36. The first kappa shape index (κ1) is 16.1. The number of nitrogens with two attached hydrogens (primary N) is 1. The van der Waals surface area contributed by atoms with Gasteiger partial charge in [0.1, 0.15) is 11.5 Å². The highest BCUT2D eigenvalue weighted by atomic mass is 16.5. The Kier molecular flexibility index (Phi) is 5.14. The minimum Gasteiger partial charge on any atom is -0.453 e. The van der Waals surface area contributed by atoms with Gasteiger partial charge in [0.2, 0.25) is 0 Å². The third-order valence-electron chi connectivity index (χ3n) is 3.78. The third-order valence-corrected chi connectivity index (χ3v) is 3.78. The van der Waals surface area contributed by atoms with Crippen LogP contribution in [-0.4, -0.2) is 0 Å². The molecule has 0 aromatic heterocycles. The highest BCUT2D eigenvalue weighted by molar-refractivity contribution is 5.48. The third kappa shape index (κ3) is 3.94. The largest absolute Gasteiger partial charge is 0.453 e. The molecule has 122 valence electrons. The van der Waals surface area contributed by atoms with Crippen molar-refractivity contribution in [2.24, 2.45) is 5.73 Å². The van der Waals surface area contributed by atoms with Gasteiger partial charge in [-0.05, 0) is 48.4 Å². The van der Waals surface area contributed by atoms with Crippen LogP contribution < -0.4 is 15.2 Å². The lowest BCUT2D eigenvalue weighted by atomic mass is 10.0. The molecule has 0 unspecified atom stereocenters. The number of hydrogen-bond acceptors (Lipinski definition) is 3. The van der Waals surface area contributed by atoms with E-state index in [0.29, 0.717) is 11.5 Å². The van der Waals surface area contributed by atoms with Gasteiger partial charge in [-0.1, -0.05) is 49.4 Å². The molecule has 3 aromatic rings. The van der Waals surface area contributed by atoms with Crippen LogP contribution in [0.1, 0.15) is 24.9 Å². The van der Waals surface area contributed by atoms with Crippen molar-refractivity contribution in [3.8, 4) is 23.0 Å². The van der Waals surface area contributed by atoms with Crippen LogP contribution in [-0.2, 0) is 0 Å². The topological polar surface area (TPSA) is 44.5 Å². The molecule has 0 amide bonds. The Hall–Kier alpha value is -2.78. The molecule has 2 N–H and O–H groups in total. The lowest BCUT2D eigenvalue weighted by molar-refractivity contribution is 0.417. The van der Waals surface area contributed by atoms with Crippen LogP contribution in [0.4, 0.5) is 0 Å². The van der Waals surface area contributed by atoms with E-state index in [2.05, 4.69) is 6.92 Å². The van der Waals surface area contributed by atoms with Crippen molar-refractivity contribution >= 4 is 0 Å². The Morgan fingerprint density at radius 2 is 1.29 bits per heavy atom. The van der Waals surface area contributed by atoms with Gasteiger partial charge in [-0.2, -0.15) is 0 Å². The van der Waals surface area contributed by atoms with E-state index in [1.54, 1.807) is 0 Å². The van der Waals surface area contributed by atoms with Gasteiger partial charge >= 0.3 is 0 Å². The van der Waals surface area contributed by atoms with Gasteiger partial charge < -0.3 is 15.2 Å². The molecule has 1 atom stereocenters. The molecule has 3 aromatic carbocycles. The molecule has 0 radical (unpaired) electrons. The summed E-state index contributed by atoms with van der Waals surface area (Å²) in [6, 6.07) is 25.2. The lowest BCUT2D eigenvalue weighted by Gasteiger charge is -2.16. The van der Waals surface area contributed by atoms with Crippen molar-refractivity contribution in [2.75, 3.05) is 0 Å². The minimum absolute atomic E-state index is 0.0195. The fourth-order valence-electron chi connectivity index (χ4n) is 2.39.